The van der Waals surface area contributed by atoms with Crippen LogP contribution < -0.4 is 20.5 Å². The number of methoxy groups -OCH3 is 1. The largest absolute Gasteiger partial charge is 0.493 e. The molecule has 0 spiro atoms. The second kappa shape index (κ2) is 7.31. The van der Waals surface area contributed by atoms with Crippen molar-refractivity contribution in [2.24, 2.45) is 17.6 Å². The molecule has 3 N–H and O–H groups in total. The first-order valence-corrected chi connectivity index (χ1v) is 7.51. The number of anilines is 1. The second-order valence-corrected chi connectivity index (χ2v) is 5.32. The smallest absolute Gasteiger partial charge is 0.227 e. The summed E-state index contributed by atoms with van der Waals surface area (Å²) in [5, 5.41) is 2.96. The summed E-state index contributed by atoms with van der Waals surface area (Å²) in [6.45, 7) is 3.06. The fraction of sp³-hybridized carbons (Fsp3) is 0.562. The van der Waals surface area contributed by atoms with E-state index in [2.05, 4.69) is 5.32 Å². The zero-order valence-electron chi connectivity index (χ0n) is 12.7. The van der Waals surface area contributed by atoms with Crippen molar-refractivity contribution in [3.8, 4) is 11.5 Å². The van der Waals surface area contributed by atoms with E-state index in [9.17, 15) is 4.79 Å². The molecule has 21 heavy (non-hydrogen) atoms. The normalized spacial score (nSPS) is 21.1. The fourth-order valence-corrected chi connectivity index (χ4v) is 2.92. The van der Waals surface area contributed by atoms with Crippen molar-refractivity contribution in [3.05, 3.63) is 18.2 Å². The van der Waals surface area contributed by atoms with E-state index in [0.29, 0.717) is 30.6 Å². The summed E-state index contributed by atoms with van der Waals surface area (Å²) in [4.78, 5) is 12.4. The van der Waals surface area contributed by atoms with Crippen LogP contribution in [0.25, 0.3) is 0 Å². The van der Waals surface area contributed by atoms with Crippen molar-refractivity contribution < 1.29 is 14.3 Å². The minimum absolute atomic E-state index is 0.0209. The molecule has 2 unspecified atom stereocenters. The maximum Gasteiger partial charge on any atom is 0.227 e. The number of amides is 1. The van der Waals surface area contributed by atoms with Crippen LogP contribution in [0.15, 0.2) is 18.2 Å². The Labute approximate surface area is 125 Å². The van der Waals surface area contributed by atoms with Gasteiger partial charge in [0.2, 0.25) is 5.91 Å². The fourth-order valence-electron chi connectivity index (χ4n) is 2.92. The first kappa shape index (κ1) is 15.6. The highest BCUT2D eigenvalue weighted by atomic mass is 16.5. The van der Waals surface area contributed by atoms with Crippen molar-refractivity contribution in [2.45, 2.75) is 26.2 Å². The summed E-state index contributed by atoms with van der Waals surface area (Å²) in [7, 11) is 1.59. The van der Waals surface area contributed by atoms with Crippen LogP contribution in [0.4, 0.5) is 5.69 Å². The van der Waals surface area contributed by atoms with Crippen LogP contribution in [-0.2, 0) is 4.79 Å². The third kappa shape index (κ3) is 3.67. The number of rotatable bonds is 6. The van der Waals surface area contributed by atoms with Crippen LogP contribution >= 0.6 is 0 Å². The molecule has 1 aromatic rings. The molecule has 2 atom stereocenters. The highest BCUT2D eigenvalue weighted by Crippen LogP contribution is 2.33. The van der Waals surface area contributed by atoms with Gasteiger partial charge in [0.15, 0.2) is 11.5 Å². The molecule has 0 heterocycles. The monoisotopic (exact) mass is 292 g/mol. The molecule has 1 amide bonds. The summed E-state index contributed by atoms with van der Waals surface area (Å²) in [6.07, 6.45) is 3.04. The van der Waals surface area contributed by atoms with Crippen LogP contribution in [0.1, 0.15) is 26.2 Å². The molecule has 2 rings (SSSR count). The molecule has 0 aliphatic heterocycles. The molecule has 0 radical (unpaired) electrons. The lowest BCUT2D eigenvalue weighted by Gasteiger charge is -2.18. The van der Waals surface area contributed by atoms with Crippen LogP contribution in [0.3, 0.4) is 0 Å². The van der Waals surface area contributed by atoms with Crippen molar-refractivity contribution in [1.82, 2.24) is 0 Å². The van der Waals surface area contributed by atoms with Crippen LogP contribution in [-0.4, -0.2) is 26.2 Å². The van der Waals surface area contributed by atoms with Crippen molar-refractivity contribution in [1.29, 1.82) is 0 Å². The number of carbonyl (C=O) groups is 1. The van der Waals surface area contributed by atoms with E-state index in [1.807, 2.05) is 19.1 Å². The van der Waals surface area contributed by atoms with Crippen LogP contribution in [0, 0.1) is 11.8 Å². The minimum Gasteiger partial charge on any atom is -0.493 e. The molecule has 1 aromatic carbocycles. The molecule has 1 fully saturated rings. The Hall–Kier alpha value is -1.75. The van der Waals surface area contributed by atoms with Crippen molar-refractivity contribution in [2.75, 3.05) is 25.6 Å². The molecule has 5 nitrogen and oxygen atoms in total. The van der Waals surface area contributed by atoms with Gasteiger partial charge in [0.1, 0.15) is 0 Å². The molecule has 1 aliphatic rings. The maximum atomic E-state index is 12.4. The van der Waals surface area contributed by atoms with Gasteiger partial charge in [-0.15, -0.1) is 0 Å². The summed E-state index contributed by atoms with van der Waals surface area (Å²) < 4.78 is 10.8. The molecule has 5 heteroatoms. The number of nitrogens with two attached hydrogens (primary N) is 1. The van der Waals surface area contributed by atoms with E-state index in [1.165, 1.54) is 0 Å². The van der Waals surface area contributed by atoms with E-state index in [1.54, 1.807) is 13.2 Å². The average molecular weight is 292 g/mol. The molecule has 1 aliphatic carbocycles. The van der Waals surface area contributed by atoms with Gasteiger partial charge >= 0.3 is 0 Å². The number of ether oxygens (including phenoxy) is 2. The van der Waals surface area contributed by atoms with Gasteiger partial charge in [-0.3, -0.25) is 4.79 Å². The Morgan fingerprint density at radius 1 is 1.38 bits per heavy atom. The Morgan fingerprint density at radius 3 is 2.86 bits per heavy atom. The van der Waals surface area contributed by atoms with Gasteiger partial charge in [-0.1, -0.05) is 6.42 Å². The van der Waals surface area contributed by atoms with E-state index >= 15 is 0 Å². The molecule has 0 saturated heterocycles. The van der Waals surface area contributed by atoms with Crippen LogP contribution in [0.2, 0.25) is 0 Å². The van der Waals surface area contributed by atoms with Gasteiger partial charge in [-0.2, -0.15) is 0 Å². The summed E-state index contributed by atoms with van der Waals surface area (Å²) >= 11 is 0. The van der Waals surface area contributed by atoms with Gasteiger partial charge in [0.05, 0.1) is 13.7 Å². The van der Waals surface area contributed by atoms with Gasteiger partial charge in [-0.25, -0.2) is 0 Å². The highest BCUT2D eigenvalue weighted by Gasteiger charge is 2.31. The Balaban J connectivity index is 2.07. The van der Waals surface area contributed by atoms with Gasteiger partial charge in [0, 0.05) is 17.7 Å². The Morgan fingerprint density at radius 2 is 2.19 bits per heavy atom. The lowest BCUT2D eigenvalue weighted by molar-refractivity contribution is -0.120. The standard InChI is InChI=1S/C16H24N2O3/c1-3-21-14-8-7-12(9-15(14)20-2)18-16(19)13-6-4-5-11(13)10-17/h7-9,11,13H,3-6,10,17H2,1-2H3,(H,18,19). The van der Waals surface area contributed by atoms with Crippen LogP contribution in [0.5, 0.6) is 11.5 Å². The Kier molecular flexibility index (Phi) is 5.44. The molecule has 0 aromatic heterocycles. The van der Waals surface area contributed by atoms with Crippen molar-refractivity contribution >= 4 is 11.6 Å². The van der Waals surface area contributed by atoms with Gasteiger partial charge in [0.25, 0.3) is 0 Å². The number of benzene rings is 1. The highest BCUT2D eigenvalue weighted by molar-refractivity contribution is 5.93. The molecule has 1 saturated carbocycles. The molecular formula is C16H24N2O3. The summed E-state index contributed by atoms with van der Waals surface area (Å²) in [5.74, 6) is 1.67. The zero-order chi connectivity index (χ0) is 15.2. The SMILES string of the molecule is CCOc1ccc(NC(=O)C2CCCC2CN)cc1OC. The topological polar surface area (TPSA) is 73.6 Å². The summed E-state index contributed by atoms with van der Waals surface area (Å²) in [5.41, 5.74) is 6.46. The number of nitrogens with one attached hydrogen (secondary N) is 1. The quantitative estimate of drug-likeness (QED) is 0.844. The predicted molar refractivity (Wildman–Crippen MR) is 82.7 cm³/mol. The minimum atomic E-state index is 0.0209. The number of hydrogen-bond donors (Lipinski definition) is 2. The maximum absolute atomic E-state index is 12.4. The lowest BCUT2D eigenvalue weighted by Crippen LogP contribution is -2.29. The molecule has 0 bridgehead atoms. The first-order valence-electron chi connectivity index (χ1n) is 7.51. The van der Waals surface area contributed by atoms with Gasteiger partial charge < -0.3 is 20.5 Å². The van der Waals surface area contributed by atoms with E-state index < -0.39 is 0 Å². The summed E-state index contributed by atoms with van der Waals surface area (Å²) in [6, 6.07) is 5.43. The molecule has 116 valence electrons. The lowest BCUT2D eigenvalue weighted by atomic mass is 9.95. The second-order valence-electron chi connectivity index (χ2n) is 5.32. The number of hydrogen-bond acceptors (Lipinski definition) is 4. The number of carbonyl (C=O) groups excluding carboxylic acids is 1. The van der Waals surface area contributed by atoms with Gasteiger partial charge in [-0.05, 0) is 44.4 Å². The predicted octanol–water partition coefficient (Wildman–Crippen LogP) is 2.41. The van der Waals surface area contributed by atoms with E-state index in [-0.39, 0.29) is 11.8 Å². The van der Waals surface area contributed by atoms with E-state index in [0.717, 1.165) is 24.9 Å². The Bertz CT molecular complexity index is 490. The van der Waals surface area contributed by atoms with Crippen molar-refractivity contribution in [3.63, 3.8) is 0 Å². The third-order valence-electron chi connectivity index (χ3n) is 4.03. The molecular weight excluding hydrogens is 268 g/mol. The first-order chi connectivity index (χ1) is 10.2. The zero-order valence-corrected chi connectivity index (χ0v) is 12.7. The van der Waals surface area contributed by atoms with E-state index in [4.69, 9.17) is 15.2 Å². The third-order valence-corrected chi connectivity index (χ3v) is 4.03. The average Bonchev–Trinajstić information content (AvgIpc) is 2.97.